The molecular formula is C12H16ClN3. The largest absolute Gasteiger partial charge is 0.368 e. The zero-order chi connectivity index (χ0) is 11.0. The molecule has 0 spiro atoms. The maximum Gasteiger partial charge on any atom is 0.0822 e. The number of aromatic nitrogens is 1. The zero-order valence-corrected chi connectivity index (χ0v) is 9.95. The molecule has 0 radical (unpaired) electrons. The van der Waals surface area contributed by atoms with Gasteiger partial charge in [0.05, 0.1) is 10.7 Å². The number of nitrogens with zero attached hydrogens (tertiary/aromatic N) is 2. The lowest BCUT2D eigenvalue weighted by Gasteiger charge is -2.24. The predicted octanol–water partition coefficient (Wildman–Crippen LogP) is 1.92. The molecule has 2 atom stereocenters. The van der Waals surface area contributed by atoms with Gasteiger partial charge in [0.1, 0.15) is 0 Å². The first-order chi connectivity index (χ1) is 7.84. The number of pyridine rings is 1. The van der Waals surface area contributed by atoms with Crippen molar-refractivity contribution in [2.45, 2.75) is 18.9 Å². The van der Waals surface area contributed by atoms with E-state index in [-0.39, 0.29) is 0 Å². The maximum atomic E-state index is 6.18. The molecule has 0 amide bonds. The van der Waals surface area contributed by atoms with Crippen LogP contribution in [0.5, 0.6) is 0 Å². The molecule has 4 heteroatoms. The molecule has 2 fully saturated rings. The van der Waals surface area contributed by atoms with Crippen molar-refractivity contribution in [2.24, 2.45) is 5.92 Å². The van der Waals surface area contributed by atoms with Crippen molar-refractivity contribution in [3.8, 4) is 0 Å². The third-order valence-electron chi connectivity index (χ3n) is 3.69. The molecule has 1 N–H and O–H groups in total. The van der Waals surface area contributed by atoms with Crippen LogP contribution in [0.4, 0.5) is 5.69 Å². The van der Waals surface area contributed by atoms with Crippen LogP contribution in [0.25, 0.3) is 0 Å². The van der Waals surface area contributed by atoms with Crippen molar-refractivity contribution < 1.29 is 0 Å². The van der Waals surface area contributed by atoms with Gasteiger partial charge >= 0.3 is 0 Å². The summed E-state index contributed by atoms with van der Waals surface area (Å²) in [5, 5.41) is 4.36. The fraction of sp³-hybridized carbons (Fsp3) is 0.583. The molecule has 3 rings (SSSR count). The van der Waals surface area contributed by atoms with Gasteiger partial charge in [-0.1, -0.05) is 11.6 Å². The summed E-state index contributed by atoms with van der Waals surface area (Å²) in [7, 11) is 0. The van der Waals surface area contributed by atoms with E-state index in [4.69, 9.17) is 11.6 Å². The molecule has 1 aromatic heterocycles. The van der Waals surface area contributed by atoms with Crippen LogP contribution in [-0.2, 0) is 0 Å². The lowest BCUT2D eigenvalue weighted by Crippen LogP contribution is -2.40. The summed E-state index contributed by atoms with van der Waals surface area (Å²) >= 11 is 6.18. The highest BCUT2D eigenvalue weighted by molar-refractivity contribution is 6.33. The van der Waals surface area contributed by atoms with Crippen molar-refractivity contribution in [1.82, 2.24) is 10.3 Å². The summed E-state index contributed by atoms with van der Waals surface area (Å²) in [4.78, 5) is 6.42. The Bertz CT molecular complexity index is 368. The van der Waals surface area contributed by atoms with Gasteiger partial charge in [-0.15, -0.1) is 0 Å². The normalized spacial score (nSPS) is 29.2. The van der Waals surface area contributed by atoms with Gasteiger partial charge in [0.25, 0.3) is 0 Å². The second-order valence-corrected chi connectivity index (χ2v) is 5.10. The Balaban J connectivity index is 1.80. The minimum Gasteiger partial charge on any atom is -0.368 e. The molecule has 3 nitrogen and oxygen atoms in total. The first-order valence-electron chi connectivity index (χ1n) is 5.92. The highest BCUT2D eigenvalue weighted by Gasteiger charge is 2.34. The number of fused-ring (bicyclic) bond motifs is 1. The summed E-state index contributed by atoms with van der Waals surface area (Å²) in [5.41, 5.74) is 1.13. The molecule has 16 heavy (non-hydrogen) atoms. The van der Waals surface area contributed by atoms with Crippen LogP contribution in [0.1, 0.15) is 12.8 Å². The van der Waals surface area contributed by atoms with Crippen LogP contribution >= 0.6 is 11.6 Å². The molecule has 3 heterocycles. The zero-order valence-electron chi connectivity index (χ0n) is 9.19. The molecule has 2 aliphatic rings. The molecule has 1 aromatic rings. The first kappa shape index (κ1) is 10.4. The molecule has 0 bridgehead atoms. The van der Waals surface area contributed by atoms with E-state index < -0.39 is 0 Å². The lowest BCUT2D eigenvalue weighted by molar-refractivity contribution is 0.340. The van der Waals surface area contributed by atoms with E-state index >= 15 is 0 Å². The van der Waals surface area contributed by atoms with Gasteiger partial charge in [-0.3, -0.25) is 4.98 Å². The number of hydrogen-bond donors (Lipinski definition) is 1. The van der Waals surface area contributed by atoms with E-state index in [1.54, 1.807) is 6.20 Å². The molecule has 2 aliphatic heterocycles. The fourth-order valence-corrected chi connectivity index (χ4v) is 3.11. The second kappa shape index (κ2) is 4.22. The third kappa shape index (κ3) is 1.78. The Kier molecular flexibility index (Phi) is 2.74. The average molecular weight is 238 g/mol. The van der Waals surface area contributed by atoms with Gasteiger partial charge in [-0.05, 0) is 31.4 Å². The Hall–Kier alpha value is -0.800. The van der Waals surface area contributed by atoms with Crippen LogP contribution in [0.15, 0.2) is 18.5 Å². The summed E-state index contributed by atoms with van der Waals surface area (Å²) in [6.07, 6.45) is 6.19. The third-order valence-corrected chi connectivity index (χ3v) is 3.98. The molecule has 0 aromatic carbocycles. The van der Waals surface area contributed by atoms with Crippen molar-refractivity contribution in [1.29, 1.82) is 0 Å². The SMILES string of the molecule is Clc1cnccc1N1CC2CCCNC2C1. The number of piperidine rings is 1. The predicted molar refractivity (Wildman–Crippen MR) is 66.0 cm³/mol. The number of anilines is 1. The van der Waals surface area contributed by atoms with Gasteiger partial charge in [0, 0.05) is 31.5 Å². The summed E-state index contributed by atoms with van der Waals surface area (Å²) in [5.74, 6) is 0.790. The van der Waals surface area contributed by atoms with E-state index in [0.717, 1.165) is 29.7 Å². The Morgan fingerprint density at radius 2 is 2.38 bits per heavy atom. The molecule has 2 saturated heterocycles. The second-order valence-electron chi connectivity index (χ2n) is 4.69. The van der Waals surface area contributed by atoms with E-state index in [9.17, 15) is 0 Å². The van der Waals surface area contributed by atoms with Crippen LogP contribution < -0.4 is 10.2 Å². The Morgan fingerprint density at radius 3 is 3.19 bits per heavy atom. The minimum absolute atomic E-state index is 0.651. The summed E-state index contributed by atoms with van der Waals surface area (Å²) in [6.45, 7) is 3.37. The fourth-order valence-electron chi connectivity index (χ4n) is 2.87. The van der Waals surface area contributed by atoms with E-state index in [0.29, 0.717) is 6.04 Å². The quantitative estimate of drug-likeness (QED) is 0.809. The Labute approximate surface area is 101 Å². The van der Waals surface area contributed by atoms with Crippen molar-refractivity contribution in [2.75, 3.05) is 24.5 Å². The van der Waals surface area contributed by atoms with Gasteiger partial charge in [-0.25, -0.2) is 0 Å². The van der Waals surface area contributed by atoms with Crippen molar-refractivity contribution >= 4 is 17.3 Å². The van der Waals surface area contributed by atoms with Gasteiger partial charge < -0.3 is 10.2 Å². The number of rotatable bonds is 1. The number of halogens is 1. The van der Waals surface area contributed by atoms with E-state index in [1.165, 1.54) is 19.4 Å². The smallest absolute Gasteiger partial charge is 0.0822 e. The highest BCUT2D eigenvalue weighted by atomic mass is 35.5. The molecule has 0 saturated carbocycles. The minimum atomic E-state index is 0.651. The lowest BCUT2D eigenvalue weighted by atomic mass is 9.94. The monoisotopic (exact) mass is 237 g/mol. The molecule has 2 unspecified atom stereocenters. The van der Waals surface area contributed by atoms with Gasteiger partial charge in [0.15, 0.2) is 0 Å². The molecule has 0 aliphatic carbocycles. The number of nitrogens with one attached hydrogen (secondary N) is 1. The van der Waals surface area contributed by atoms with Crippen LogP contribution in [0.3, 0.4) is 0 Å². The van der Waals surface area contributed by atoms with Crippen LogP contribution in [0, 0.1) is 5.92 Å². The van der Waals surface area contributed by atoms with Gasteiger partial charge in [-0.2, -0.15) is 0 Å². The van der Waals surface area contributed by atoms with Crippen molar-refractivity contribution in [3.63, 3.8) is 0 Å². The summed E-state index contributed by atoms with van der Waals surface area (Å²) in [6, 6.07) is 2.66. The molecule has 86 valence electrons. The van der Waals surface area contributed by atoms with Gasteiger partial charge in [0.2, 0.25) is 0 Å². The van der Waals surface area contributed by atoms with E-state index in [1.807, 2.05) is 12.3 Å². The topological polar surface area (TPSA) is 28.2 Å². The maximum absolute atomic E-state index is 6.18. The standard InChI is InChI=1S/C12H16ClN3/c13-10-6-14-5-3-12(10)16-7-9-2-1-4-15-11(9)8-16/h3,5-6,9,11,15H,1-2,4,7-8H2. The number of hydrogen-bond acceptors (Lipinski definition) is 3. The molecular weight excluding hydrogens is 222 g/mol. The van der Waals surface area contributed by atoms with E-state index in [2.05, 4.69) is 15.2 Å². The van der Waals surface area contributed by atoms with Crippen molar-refractivity contribution in [3.05, 3.63) is 23.5 Å². The Morgan fingerprint density at radius 1 is 1.44 bits per heavy atom. The van der Waals surface area contributed by atoms with Crippen LogP contribution in [0.2, 0.25) is 5.02 Å². The first-order valence-corrected chi connectivity index (χ1v) is 6.30. The summed E-state index contributed by atoms with van der Waals surface area (Å²) < 4.78 is 0. The average Bonchev–Trinajstić information content (AvgIpc) is 2.73. The van der Waals surface area contributed by atoms with Crippen LogP contribution in [-0.4, -0.2) is 30.7 Å². The highest BCUT2D eigenvalue weighted by Crippen LogP contribution is 2.32.